The van der Waals surface area contributed by atoms with Crippen LogP contribution in [0.5, 0.6) is 5.75 Å². The molecule has 0 atom stereocenters. The second kappa shape index (κ2) is 7.14. The topological polar surface area (TPSA) is 74.4 Å². The van der Waals surface area contributed by atoms with Crippen LogP contribution in [0.1, 0.15) is 28.5 Å². The largest absolute Gasteiger partial charge is 0.494 e. The maximum absolute atomic E-state index is 11.3. The molecule has 2 rings (SSSR count). The van der Waals surface area contributed by atoms with E-state index in [0.717, 1.165) is 5.75 Å². The Bertz CT molecular complexity index is 728. The lowest BCUT2D eigenvalue weighted by molar-refractivity contribution is 0.0594. The van der Waals surface area contributed by atoms with Crippen molar-refractivity contribution in [3.05, 3.63) is 53.3 Å². The highest BCUT2D eigenvalue weighted by Crippen LogP contribution is 2.19. The molecule has 2 N–H and O–H groups in total. The van der Waals surface area contributed by atoms with Crippen LogP contribution in [0.4, 0.5) is 5.69 Å². The van der Waals surface area contributed by atoms with Crippen LogP contribution in [0.15, 0.2) is 36.5 Å². The van der Waals surface area contributed by atoms with Gasteiger partial charge in [0.25, 0.3) is 0 Å². The lowest BCUT2D eigenvalue weighted by Crippen LogP contribution is -2.03. The molecule has 0 saturated carbocycles. The Labute approximate surface area is 129 Å². The second-order valence-electron chi connectivity index (χ2n) is 4.36. The lowest BCUT2D eigenvalue weighted by atomic mass is 10.1. The Morgan fingerprint density at radius 1 is 1.27 bits per heavy atom. The number of nitrogens with two attached hydrogens (primary N) is 1. The summed E-state index contributed by atoms with van der Waals surface area (Å²) in [6, 6.07) is 8.62. The summed E-state index contributed by atoms with van der Waals surface area (Å²) >= 11 is 0. The van der Waals surface area contributed by atoms with Gasteiger partial charge in [-0.1, -0.05) is 11.8 Å². The zero-order chi connectivity index (χ0) is 15.9. The molecule has 1 aromatic heterocycles. The highest BCUT2D eigenvalue weighted by atomic mass is 16.5. The summed E-state index contributed by atoms with van der Waals surface area (Å²) in [6.45, 7) is 2.49. The molecule has 2 aromatic rings. The predicted octanol–water partition coefficient (Wildman–Crippen LogP) is 2.25. The summed E-state index contributed by atoms with van der Waals surface area (Å²) in [5.74, 6) is 6.18. The normalized spacial score (nSPS) is 9.55. The predicted molar refractivity (Wildman–Crippen MR) is 83.6 cm³/mol. The Morgan fingerprint density at radius 3 is 2.73 bits per heavy atom. The molecule has 22 heavy (non-hydrogen) atoms. The highest BCUT2D eigenvalue weighted by molar-refractivity contribution is 5.87. The molecule has 0 saturated heterocycles. The minimum atomic E-state index is -0.479. The number of pyridine rings is 1. The number of nitrogens with zero attached hydrogens (tertiary/aromatic N) is 1. The third-order valence-electron chi connectivity index (χ3n) is 2.84. The molecule has 112 valence electrons. The molecule has 0 aliphatic rings. The van der Waals surface area contributed by atoms with Gasteiger partial charge in [-0.3, -0.25) is 0 Å². The second-order valence-corrected chi connectivity index (χ2v) is 4.36. The van der Waals surface area contributed by atoms with E-state index in [-0.39, 0.29) is 5.69 Å². The van der Waals surface area contributed by atoms with E-state index in [1.807, 2.05) is 6.92 Å². The Kier molecular flexibility index (Phi) is 4.99. The number of methoxy groups -OCH3 is 1. The fourth-order valence-corrected chi connectivity index (χ4v) is 1.73. The lowest BCUT2D eigenvalue weighted by Gasteiger charge is -2.04. The van der Waals surface area contributed by atoms with Gasteiger partial charge in [0.2, 0.25) is 0 Å². The van der Waals surface area contributed by atoms with Gasteiger partial charge in [0.15, 0.2) is 0 Å². The number of nitrogen functional groups attached to an aromatic ring is 1. The third kappa shape index (κ3) is 3.76. The molecule has 0 fully saturated rings. The van der Waals surface area contributed by atoms with Crippen molar-refractivity contribution in [3.8, 4) is 17.6 Å². The first kappa shape index (κ1) is 15.4. The maximum Gasteiger partial charge on any atom is 0.356 e. The monoisotopic (exact) mass is 296 g/mol. The fourth-order valence-electron chi connectivity index (χ4n) is 1.73. The number of ether oxygens (including phenoxy) is 2. The molecular formula is C17H16N2O3. The number of benzene rings is 1. The Morgan fingerprint density at radius 2 is 2.09 bits per heavy atom. The van der Waals surface area contributed by atoms with E-state index in [9.17, 15) is 4.79 Å². The molecule has 0 spiro atoms. The van der Waals surface area contributed by atoms with Gasteiger partial charge in [0.1, 0.15) is 11.4 Å². The van der Waals surface area contributed by atoms with Crippen LogP contribution >= 0.6 is 0 Å². The van der Waals surface area contributed by atoms with Crippen LogP contribution in [-0.4, -0.2) is 24.7 Å². The van der Waals surface area contributed by atoms with Gasteiger partial charge in [-0.2, -0.15) is 0 Å². The SMILES string of the molecule is CCOc1ccc(N)c(C#Cc2ccc(C(=O)OC)nc2)c1. The van der Waals surface area contributed by atoms with Crippen LogP contribution in [0.25, 0.3) is 0 Å². The average Bonchev–Trinajstić information content (AvgIpc) is 2.55. The molecular weight excluding hydrogens is 280 g/mol. The van der Waals surface area contributed by atoms with Crippen LogP contribution in [-0.2, 0) is 4.74 Å². The first-order chi connectivity index (χ1) is 10.6. The number of hydrogen-bond donors (Lipinski definition) is 1. The molecule has 0 radical (unpaired) electrons. The van der Waals surface area contributed by atoms with Crippen molar-refractivity contribution in [2.24, 2.45) is 0 Å². The van der Waals surface area contributed by atoms with Gasteiger partial charge in [-0.05, 0) is 37.3 Å². The van der Waals surface area contributed by atoms with E-state index in [2.05, 4.69) is 21.6 Å². The quantitative estimate of drug-likeness (QED) is 0.534. The van der Waals surface area contributed by atoms with E-state index >= 15 is 0 Å². The molecule has 0 unspecified atom stereocenters. The zero-order valence-electron chi connectivity index (χ0n) is 12.4. The van der Waals surface area contributed by atoms with E-state index < -0.39 is 5.97 Å². The molecule has 0 aliphatic heterocycles. The fraction of sp³-hybridized carbons (Fsp3) is 0.176. The van der Waals surface area contributed by atoms with Crippen molar-refractivity contribution in [2.75, 3.05) is 19.5 Å². The third-order valence-corrected chi connectivity index (χ3v) is 2.84. The van der Waals surface area contributed by atoms with E-state index in [1.165, 1.54) is 13.3 Å². The van der Waals surface area contributed by atoms with Gasteiger partial charge < -0.3 is 15.2 Å². The number of carbonyl (C=O) groups is 1. The van der Waals surface area contributed by atoms with Crippen LogP contribution in [0, 0.1) is 11.8 Å². The molecule has 0 aliphatic carbocycles. The van der Waals surface area contributed by atoms with Gasteiger partial charge in [0.05, 0.1) is 19.3 Å². The van der Waals surface area contributed by atoms with E-state index in [4.69, 9.17) is 10.5 Å². The average molecular weight is 296 g/mol. The van der Waals surface area contributed by atoms with Crippen molar-refractivity contribution in [1.82, 2.24) is 4.98 Å². The number of hydrogen-bond acceptors (Lipinski definition) is 5. The summed E-state index contributed by atoms with van der Waals surface area (Å²) in [5.41, 5.74) is 8.08. The Hall–Kier alpha value is -3.00. The molecule has 0 bridgehead atoms. The maximum atomic E-state index is 11.3. The summed E-state index contributed by atoms with van der Waals surface area (Å²) < 4.78 is 10.0. The van der Waals surface area contributed by atoms with Crippen molar-refractivity contribution in [2.45, 2.75) is 6.92 Å². The first-order valence-electron chi connectivity index (χ1n) is 6.72. The minimum absolute atomic E-state index is 0.242. The van der Waals surface area contributed by atoms with Crippen molar-refractivity contribution < 1.29 is 14.3 Å². The molecule has 1 aromatic carbocycles. The highest BCUT2D eigenvalue weighted by Gasteiger charge is 2.05. The standard InChI is InChI=1S/C17H16N2O3/c1-3-22-14-7-8-15(18)13(10-14)6-4-12-5-9-16(19-11-12)17(20)21-2/h5,7-11H,3,18H2,1-2H3. The van der Waals surface area contributed by atoms with Crippen LogP contribution in [0.2, 0.25) is 0 Å². The number of esters is 1. The molecule has 1 heterocycles. The number of rotatable bonds is 3. The van der Waals surface area contributed by atoms with Gasteiger partial charge >= 0.3 is 5.97 Å². The van der Waals surface area contributed by atoms with Crippen molar-refractivity contribution >= 4 is 11.7 Å². The van der Waals surface area contributed by atoms with E-state index in [0.29, 0.717) is 23.4 Å². The number of carbonyl (C=O) groups excluding carboxylic acids is 1. The van der Waals surface area contributed by atoms with Crippen molar-refractivity contribution in [3.63, 3.8) is 0 Å². The van der Waals surface area contributed by atoms with Gasteiger partial charge in [0, 0.05) is 17.4 Å². The summed E-state index contributed by atoms with van der Waals surface area (Å²) in [5, 5.41) is 0. The first-order valence-corrected chi connectivity index (χ1v) is 6.72. The van der Waals surface area contributed by atoms with E-state index in [1.54, 1.807) is 30.3 Å². The number of anilines is 1. The Balaban J connectivity index is 2.22. The minimum Gasteiger partial charge on any atom is -0.494 e. The van der Waals surface area contributed by atoms with Gasteiger partial charge in [-0.15, -0.1) is 0 Å². The van der Waals surface area contributed by atoms with Crippen LogP contribution in [0.3, 0.4) is 0 Å². The molecule has 5 nitrogen and oxygen atoms in total. The molecule has 0 amide bonds. The summed E-state index contributed by atoms with van der Waals surface area (Å²) in [6.07, 6.45) is 1.52. The smallest absolute Gasteiger partial charge is 0.356 e. The number of aromatic nitrogens is 1. The zero-order valence-corrected chi connectivity index (χ0v) is 12.4. The van der Waals surface area contributed by atoms with Gasteiger partial charge in [-0.25, -0.2) is 9.78 Å². The van der Waals surface area contributed by atoms with Crippen molar-refractivity contribution in [1.29, 1.82) is 0 Å². The van der Waals surface area contributed by atoms with Crippen LogP contribution < -0.4 is 10.5 Å². The summed E-state index contributed by atoms with van der Waals surface area (Å²) in [4.78, 5) is 15.3. The molecule has 5 heteroatoms. The summed E-state index contributed by atoms with van der Waals surface area (Å²) in [7, 11) is 1.31.